The lowest BCUT2D eigenvalue weighted by atomic mass is 10.1. The SMILES string of the molecule is CSc1ccc(-c2ccc(OC3CN(Cc4ccc(F)c(Oc5ccccc5)c4)C3)cc2)cn1. The van der Waals surface area contributed by atoms with E-state index in [1.807, 2.05) is 61.0 Å². The number of benzene rings is 3. The molecule has 1 fully saturated rings. The van der Waals surface area contributed by atoms with Crippen molar-refractivity contribution >= 4 is 11.8 Å². The zero-order valence-corrected chi connectivity index (χ0v) is 19.7. The first-order valence-electron chi connectivity index (χ1n) is 11.2. The number of rotatable bonds is 8. The van der Waals surface area contributed by atoms with Crippen molar-refractivity contribution in [2.45, 2.75) is 17.7 Å². The van der Waals surface area contributed by atoms with E-state index in [2.05, 4.69) is 28.1 Å². The van der Waals surface area contributed by atoms with Gasteiger partial charge in [0.2, 0.25) is 0 Å². The molecule has 4 aromatic rings. The summed E-state index contributed by atoms with van der Waals surface area (Å²) in [5, 5.41) is 1.01. The van der Waals surface area contributed by atoms with Crippen molar-refractivity contribution in [3.8, 4) is 28.4 Å². The highest BCUT2D eigenvalue weighted by Crippen LogP contribution is 2.28. The number of pyridine rings is 1. The van der Waals surface area contributed by atoms with Gasteiger partial charge in [-0.3, -0.25) is 4.90 Å². The average molecular weight is 473 g/mol. The third-order valence-electron chi connectivity index (χ3n) is 5.73. The molecule has 0 bridgehead atoms. The maximum Gasteiger partial charge on any atom is 0.165 e. The molecule has 34 heavy (non-hydrogen) atoms. The Morgan fingerprint density at radius 2 is 1.68 bits per heavy atom. The molecule has 6 heteroatoms. The molecule has 0 saturated carbocycles. The van der Waals surface area contributed by atoms with Crippen LogP contribution in [0.15, 0.2) is 96.2 Å². The molecular weight excluding hydrogens is 447 g/mol. The minimum absolute atomic E-state index is 0.147. The maximum absolute atomic E-state index is 14.2. The Bertz CT molecular complexity index is 1230. The zero-order chi connectivity index (χ0) is 23.3. The minimum Gasteiger partial charge on any atom is -0.488 e. The highest BCUT2D eigenvalue weighted by atomic mass is 32.2. The number of ether oxygens (including phenoxy) is 2. The molecule has 0 aliphatic carbocycles. The van der Waals surface area contributed by atoms with Gasteiger partial charge in [0.05, 0.1) is 5.03 Å². The molecule has 0 N–H and O–H groups in total. The summed E-state index contributed by atoms with van der Waals surface area (Å²) in [5.74, 6) is 1.37. The number of hydrogen-bond acceptors (Lipinski definition) is 5. The van der Waals surface area contributed by atoms with Gasteiger partial charge < -0.3 is 9.47 Å². The fraction of sp³-hybridized carbons (Fsp3) is 0.179. The molecule has 0 radical (unpaired) electrons. The van der Waals surface area contributed by atoms with Crippen LogP contribution in [0.1, 0.15) is 5.56 Å². The lowest BCUT2D eigenvalue weighted by Gasteiger charge is -2.39. The van der Waals surface area contributed by atoms with Gasteiger partial charge in [-0.25, -0.2) is 9.37 Å². The first kappa shape index (κ1) is 22.4. The second-order valence-corrected chi connectivity index (χ2v) is 9.05. The molecule has 3 aromatic carbocycles. The normalized spacial score (nSPS) is 13.9. The van der Waals surface area contributed by atoms with Gasteiger partial charge in [0.1, 0.15) is 17.6 Å². The van der Waals surface area contributed by atoms with Crippen LogP contribution in [-0.4, -0.2) is 35.3 Å². The molecule has 2 heterocycles. The van der Waals surface area contributed by atoms with Crippen molar-refractivity contribution in [1.29, 1.82) is 0 Å². The quantitative estimate of drug-likeness (QED) is 0.268. The van der Waals surface area contributed by atoms with Crippen LogP contribution in [-0.2, 0) is 6.54 Å². The predicted octanol–water partition coefficient (Wildman–Crippen LogP) is 6.67. The molecule has 0 unspecified atom stereocenters. The van der Waals surface area contributed by atoms with Gasteiger partial charge in [0.25, 0.3) is 0 Å². The van der Waals surface area contributed by atoms with E-state index in [1.165, 1.54) is 6.07 Å². The van der Waals surface area contributed by atoms with Crippen LogP contribution in [0.3, 0.4) is 0 Å². The lowest BCUT2D eigenvalue weighted by molar-refractivity contribution is 0.0145. The maximum atomic E-state index is 14.2. The van der Waals surface area contributed by atoms with Crippen molar-refractivity contribution in [3.63, 3.8) is 0 Å². The van der Waals surface area contributed by atoms with Gasteiger partial charge in [-0.15, -0.1) is 11.8 Å². The number of likely N-dealkylation sites (tertiary alicyclic amines) is 1. The Morgan fingerprint density at radius 3 is 2.38 bits per heavy atom. The standard InChI is InChI=1S/C28H25FN2O2S/c1-34-28-14-10-22(16-30-28)21-8-11-24(12-9-21)32-25-18-31(19-25)17-20-7-13-26(29)27(15-20)33-23-5-3-2-4-6-23/h2-16,25H,17-19H2,1H3. The second-order valence-electron chi connectivity index (χ2n) is 8.23. The van der Waals surface area contributed by atoms with E-state index < -0.39 is 0 Å². The Morgan fingerprint density at radius 1 is 0.912 bits per heavy atom. The number of para-hydroxylation sites is 1. The van der Waals surface area contributed by atoms with Gasteiger partial charge in [-0.2, -0.15) is 0 Å². The summed E-state index contributed by atoms with van der Waals surface area (Å²) in [5.41, 5.74) is 3.22. The summed E-state index contributed by atoms with van der Waals surface area (Å²) < 4.78 is 26.0. The summed E-state index contributed by atoms with van der Waals surface area (Å²) in [4.78, 5) is 6.71. The zero-order valence-electron chi connectivity index (χ0n) is 18.9. The number of halogens is 1. The van der Waals surface area contributed by atoms with Gasteiger partial charge in [0, 0.05) is 31.4 Å². The summed E-state index contributed by atoms with van der Waals surface area (Å²) in [6.45, 7) is 2.38. The number of nitrogens with zero attached hydrogens (tertiary/aromatic N) is 2. The Balaban J connectivity index is 1.13. The van der Waals surface area contributed by atoms with Crippen LogP contribution < -0.4 is 9.47 Å². The van der Waals surface area contributed by atoms with E-state index in [-0.39, 0.29) is 17.7 Å². The third-order valence-corrected chi connectivity index (χ3v) is 6.39. The second kappa shape index (κ2) is 10.3. The molecule has 172 valence electrons. The molecule has 0 amide bonds. The van der Waals surface area contributed by atoms with E-state index in [1.54, 1.807) is 23.9 Å². The smallest absolute Gasteiger partial charge is 0.165 e. The molecule has 1 aliphatic rings. The monoisotopic (exact) mass is 472 g/mol. The largest absolute Gasteiger partial charge is 0.488 e. The summed E-state index contributed by atoms with van der Waals surface area (Å²) in [6, 6.07) is 26.6. The summed E-state index contributed by atoms with van der Waals surface area (Å²) in [6.07, 6.45) is 4.07. The molecule has 5 rings (SSSR count). The highest BCUT2D eigenvalue weighted by molar-refractivity contribution is 7.98. The average Bonchev–Trinajstić information content (AvgIpc) is 2.86. The van der Waals surface area contributed by atoms with Crippen molar-refractivity contribution in [1.82, 2.24) is 9.88 Å². The van der Waals surface area contributed by atoms with Gasteiger partial charge in [0.15, 0.2) is 11.6 Å². The molecule has 0 atom stereocenters. The van der Waals surface area contributed by atoms with Crippen LogP contribution in [0.25, 0.3) is 11.1 Å². The predicted molar refractivity (Wildman–Crippen MR) is 134 cm³/mol. The van der Waals surface area contributed by atoms with Crippen molar-refractivity contribution in [2.24, 2.45) is 0 Å². The molecule has 1 saturated heterocycles. The van der Waals surface area contributed by atoms with Gasteiger partial charge >= 0.3 is 0 Å². The highest BCUT2D eigenvalue weighted by Gasteiger charge is 2.28. The third kappa shape index (κ3) is 5.41. The number of hydrogen-bond donors (Lipinski definition) is 0. The Labute approximate surface area is 203 Å². The fourth-order valence-corrected chi connectivity index (χ4v) is 4.28. The van der Waals surface area contributed by atoms with E-state index in [9.17, 15) is 4.39 Å². The molecule has 1 aliphatic heterocycles. The fourth-order valence-electron chi connectivity index (χ4n) is 3.91. The van der Waals surface area contributed by atoms with Crippen LogP contribution in [0.5, 0.6) is 17.2 Å². The van der Waals surface area contributed by atoms with E-state index in [4.69, 9.17) is 9.47 Å². The molecule has 0 spiro atoms. The molecule has 1 aromatic heterocycles. The van der Waals surface area contributed by atoms with E-state index >= 15 is 0 Å². The Kier molecular flexibility index (Phi) is 6.79. The molecule has 4 nitrogen and oxygen atoms in total. The lowest BCUT2D eigenvalue weighted by Crippen LogP contribution is -2.53. The molecular formula is C28H25FN2O2S. The van der Waals surface area contributed by atoms with Crippen molar-refractivity contribution < 1.29 is 13.9 Å². The van der Waals surface area contributed by atoms with Crippen LogP contribution >= 0.6 is 11.8 Å². The van der Waals surface area contributed by atoms with E-state index in [0.717, 1.165) is 47.1 Å². The topological polar surface area (TPSA) is 34.6 Å². The Hall–Kier alpha value is -3.35. The van der Waals surface area contributed by atoms with Gasteiger partial charge in [-0.05, 0) is 59.8 Å². The summed E-state index contributed by atoms with van der Waals surface area (Å²) >= 11 is 1.63. The van der Waals surface area contributed by atoms with Crippen LogP contribution in [0.4, 0.5) is 4.39 Å². The van der Waals surface area contributed by atoms with Gasteiger partial charge in [-0.1, -0.05) is 42.5 Å². The number of aromatic nitrogens is 1. The van der Waals surface area contributed by atoms with E-state index in [0.29, 0.717) is 5.75 Å². The van der Waals surface area contributed by atoms with Crippen molar-refractivity contribution in [3.05, 3.63) is 103 Å². The van der Waals surface area contributed by atoms with Crippen LogP contribution in [0, 0.1) is 5.82 Å². The number of thioether (sulfide) groups is 1. The van der Waals surface area contributed by atoms with Crippen LogP contribution in [0.2, 0.25) is 0 Å². The minimum atomic E-state index is -0.364. The first-order valence-corrected chi connectivity index (χ1v) is 12.4. The summed E-state index contributed by atoms with van der Waals surface area (Å²) in [7, 11) is 0. The van der Waals surface area contributed by atoms with Crippen molar-refractivity contribution in [2.75, 3.05) is 19.3 Å². The first-order chi connectivity index (χ1) is 16.7.